The molecular weight excluding hydrogens is 266 g/mol. The van der Waals surface area contributed by atoms with Crippen LogP contribution in [0.5, 0.6) is 0 Å². The van der Waals surface area contributed by atoms with Crippen LogP contribution in [-0.4, -0.2) is 37.5 Å². The van der Waals surface area contributed by atoms with E-state index in [1.54, 1.807) is 7.11 Å². The first-order valence-electron chi connectivity index (χ1n) is 8.01. The van der Waals surface area contributed by atoms with E-state index in [1.165, 1.54) is 12.0 Å². The Morgan fingerprint density at radius 1 is 1.43 bits per heavy atom. The number of hydrogen-bond acceptors (Lipinski definition) is 4. The number of fused-ring (bicyclic) bond motifs is 2. The molecule has 3 unspecified atom stereocenters. The van der Waals surface area contributed by atoms with Crippen LogP contribution < -0.4 is 5.32 Å². The number of ether oxygens (including phenoxy) is 2. The van der Waals surface area contributed by atoms with Crippen LogP contribution in [0, 0.1) is 5.92 Å². The molecule has 0 saturated carbocycles. The van der Waals surface area contributed by atoms with E-state index in [1.807, 2.05) is 6.08 Å². The summed E-state index contributed by atoms with van der Waals surface area (Å²) in [5, 5.41) is 12.7. The Morgan fingerprint density at radius 3 is 3.14 bits per heavy atom. The number of hydrogen-bond donors (Lipinski definition) is 2. The number of nitrogens with one attached hydrogen (secondary N) is 1. The SMILES string of the molecule is COC1=CC2=C3OCCCC3C(CCCCO)NC2C=C1. The molecule has 3 atom stereocenters. The van der Waals surface area contributed by atoms with Crippen molar-refractivity contribution >= 4 is 0 Å². The fourth-order valence-electron chi connectivity index (χ4n) is 3.59. The highest BCUT2D eigenvalue weighted by Crippen LogP contribution is 2.38. The second-order valence-electron chi connectivity index (χ2n) is 6.00. The van der Waals surface area contributed by atoms with Crippen molar-refractivity contribution in [2.45, 2.75) is 44.2 Å². The molecule has 3 aliphatic rings. The molecule has 116 valence electrons. The van der Waals surface area contributed by atoms with Crippen molar-refractivity contribution in [3.05, 3.63) is 35.3 Å². The summed E-state index contributed by atoms with van der Waals surface area (Å²) in [7, 11) is 1.70. The maximum absolute atomic E-state index is 8.98. The Kier molecular flexibility index (Phi) is 4.66. The fraction of sp³-hybridized carbons (Fsp3) is 0.647. The molecule has 2 heterocycles. The highest BCUT2D eigenvalue weighted by Gasteiger charge is 2.38. The van der Waals surface area contributed by atoms with Gasteiger partial charge in [0.1, 0.15) is 11.5 Å². The number of aliphatic hydroxyl groups excluding tert-OH is 1. The maximum atomic E-state index is 8.98. The van der Waals surface area contributed by atoms with Gasteiger partial charge in [0.15, 0.2) is 0 Å². The maximum Gasteiger partial charge on any atom is 0.119 e. The molecule has 1 aliphatic carbocycles. The summed E-state index contributed by atoms with van der Waals surface area (Å²) in [4.78, 5) is 0. The summed E-state index contributed by atoms with van der Waals surface area (Å²) in [5.41, 5.74) is 1.23. The predicted octanol–water partition coefficient (Wildman–Crippen LogP) is 2.27. The molecule has 1 saturated heterocycles. The van der Waals surface area contributed by atoms with Crippen LogP contribution in [0.25, 0.3) is 0 Å². The number of unbranched alkanes of at least 4 members (excludes halogenated alkanes) is 1. The van der Waals surface area contributed by atoms with Gasteiger partial charge in [0, 0.05) is 24.1 Å². The lowest BCUT2D eigenvalue weighted by Crippen LogP contribution is -2.50. The highest BCUT2D eigenvalue weighted by atomic mass is 16.5. The average molecular weight is 291 g/mol. The van der Waals surface area contributed by atoms with E-state index in [0.29, 0.717) is 12.0 Å². The molecule has 21 heavy (non-hydrogen) atoms. The molecule has 1 fully saturated rings. The van der Waals surface area contributed by atoms with Gasteiger partial charge in [-0.05, 0) is 44.3 Å². The highest BCUT2D eigenvalue weighted by molar-refractivity contribution is 5.44. The largest absolute Gasteiger partial charge is 0.497 e. The van der Waals surface area contributed by atoms with Crippen LogP contribution in [0.4, 0.5) is 0 Å². The van der Waals surface area contributed by atoms with Crippen LogP contribution in [0.15, 0.2) is 35.3 Å². The smallest absolute Gasteiger partial charge is 0.119 e. The Morgan fingerprint density at radius 2 is 2.33 bits per heavy atom. The topological polar surface area (TPSA) is 50.7 Å². The summed E-state index contributed by atoms with van der Waals surface area (Å²) < 4.78 is 11.4. The number of methoxy groups -OCH3 is 1. The third kappa shape index (κ3) is 3.01. The van der Waals surface area contributed by atoms with Crippen molar-refractivity contribution in [2.24, 2.45) is 5.92 Å². The lowest BCUT2D eigenvalue weighted by Gasteiger charge is -2.42. The van der Waals surface area contributed by atoms with Gasteiger partial charge in [-0.2, -0.15) is 0 Å². The third-order valence-corrected chi connectivity index (χ3v) is 4.66. The van der Waals surface area contributed by atoms with Gasteiger partial charge >= 0.3 is 0 Å². The van der Waals surface area contributed by atoms with Gasteiger partial charge in [-0.3, -0.25) is 0 Å². The molecule has 2 aliphatic heterocycles. The fourth-order valence-corrected chi connectivity index (χ4v) is 3.59. The summed E-state index contributed by atoms with van der Waals surface area (Å²) in [6.07, 6.45) is 11.6. The molecule has 0 spiro atoms. The van der Waals surface area contributed by atoms with E-state index < -0.39 is 0 Å². The Labute approximate surface area is 126 Å². The second kappa shape index (κ2) is 6.67. The first-order valence-corrected chi connectivity index (χ1v) is 8.01. The van der Waals surface area contributed by atoms with E-state index in [-0.39, 0.29) is 12.6 Å². The molecule has 2 N–H and O–H groups in total. The summed E-state index contributed by atoms with van der Waals surface area (Å²) in [6.45, 7) is 1.11. The first-order chi connectivity index (χ1) is 10.3. The second-order valence-corrected chi connectivity index (χ2v) is 6.00. The predicted molar refractivity (Wildman–Crippen MR) is 81.6 cm³/mol. The van der Waals surface area contributed by atoms with Crippen LogP contribution in [0.1, 0.15) is 32.1 Å². The van der Waals surface area contributed by atoms with Gasteiger partial charge in [-0.15, -0.1) is 0 Å². The summed E-state index contributed by atoms with van der Waals surface area (Å²) >= 11 is 0. The van der Waals surface area contributed by atoms with Gasteiger partial charge in [0.25, 0.3) is 0 Å². The van der Waals surface area contributed by atoms with Gasteiger partial charge in [0.05, 0.1) is 19.8 Å². The van der Waals surface area contributed by atoms with Gasteiger partial charge in [-0.1, -0.05) is 6.08 Å². The zero-order valence-electron chi connectivity index (χ0n) is 12.7. The molecule has 0 aromatic carbocycles. The van der Waals surface area contributed by atoms with Crippen LogP contribution in [-0.2, 0) is 9.47 Å². The van der Waals surface area contributed by atoms with Crippen molar-refractivity contribution in [1.29, 1.82) is 0 Å². The number of rotatable bonds is 5. The van der Waals surface area contributed by atoms with Gasteiger partial charge in [0.2, 0.25) is 0 Å². The molecule has 4 heteroatoms. The zero-order valence-corrected chi connectivity index (χ0v) is 12.7. The minimum Gasteiger partial charge on any atom is -0.497 e. The van der Waals surface area contributed by atoms with Crippen molar-refractivity contribution in [1.82, 2.24) is 5.32 Å². The number of aliphatic hydroxyl groups is 1. The third-order valence-electron chi connectivity index (χ3n) is 4.66. The van der Waals surface area contributed by atoms with Crippen molar-refractivity contribution in [3.8, 4) is 0 Å². The van der Waals surface area contributed by atoms with Crippen molar-refractivity contribution < 1.29 is 14.6 Å². The van der Waals surface area contributed by atoms with Crippen LogP contribution >= 0.6 is 0 Å². The standard InChI is InChI=1S/C17H25NO3/c1-20-12-7-8-16-14(11-12)17-13(5-4-10-21-17)15(18-16)6-2-3-9-19/h7-8,11,13,15-16,18-19H,2-6,9-10H2,1H3. The Hall–Kier alpha value is -1.26. The minimum absolute atomic E-state index is 0.229. The minimum atomic E-state index is 0.229. The van der Waals surface area contributed by atoms with Crippen LogP contribution in [0.2, 0.25) is 0 Å². The van der Waals surface area contributed by atoms with E-state index in [2.05, 4.69) is 17.5 Å². The van der Waals surface area contributed by atoms with E-state index in [0.717, 1.165) is 43.8 Å². The molecular formula is C17H25NO3. The summed E-state index contributed by atoms with van der Waals surface area (Å²) in [6, 6.07) is 0.676. The Balaban J connectivity index is 1.83. The lowest BCUT2D eigenvalue weighted by molar-refractivity contribution is 0.0915. The molecule has 0 amide bonds. The van der Waals surface area contributed by atoms with Crippen LogP contribution in [0.3, 0.4) is 0 Å². The van der Waals surface area contributed by atoms with E-state index in [9.17, 15) is 0 Å². The summed E-state index contributed by atoms with van der Waals surface area (Å²) in [5.74, 6) is 2.52. The monoisotopic (exact) mass is 291 g/mol. The molecule has 3 rings (SSSR count). The van der Waals surface area contributed by atoms with Crippen molar-refractivity contribution in [3.63, 3.8) is 0 Å². The van der Waals surface area contributed by atoms with Gasteiger partial charge < -0.3 is 19.9 Å². The lowest BCUT2D eigenvalue weighted by atomic mass is 9.79. The molecule has 0 radical (unpaired) electrons. The Bertz CT molecular complexity index is 467. The zero-order chi connectivity index (χ0) is 14.7. The first kappa shape index (κ1) is 14.7. The molecule has 0 aromatic rings. The van der Waals surface area contributed by atoms with Crippen molar-refractivity contribution in [2.75, 3.05) is 20.3 Å². The quantitative estimate of drug-likeness (QED) is 0.763. The normalized spacial score (nSPS) is 31.1. The van der Waals surface area contributed by atoms with E-state index in [4.69, 9.17) is 14.6 Å². The molecule has 0 bridgehead atoms. The van der Waals surface area contributed by atoms with Gasteiger partial charge in [-0.25, -0.2) is 0 Å². The molecule has 0 aromatic heterocycles. The van der Waals surface area contributed by atoms with E-state index >= 15 is 0 Å². The average Bonchev–Trinajstić information content (AvgIpc) is 2.55. The number of allylic oxidation sites excluding steroid dienone is 1. The molecule has 4 nitrogen and oxygen atoms in total.